The number of carbonyl (C=O) groups excluding carboxylic acids is 1. The van der Waals surface area contributed by atoms with Gasteiger partial charge in [0, 0.05) is 24.5 Å². The molecule has 7 heteroatoms. The zero-order chi connectivity index (χ0) is 16.7. The lowest BCUT2D eigenvalue weighted by molar-refractivity contribution is -0.137. The van der Waals surface area contributed by atoms with Gasteiger partial charge in [0.2, 0.25) is 5.88 Å². The molecular weight excluding hydrogens is 298 g/mol. The number of carboxylic acid groups (broad SMARTS) is 1. The molecule has 0 saturated heterocycles. The molecule has 0 unspecified atom stereocenters. The second-order valence-electron chi connectivity index (χ2n) is 4.79. The standard InChI is InChI=1S/C16H17N3O4/c1-2-8-19(11-15(20)21)16(22)12-4-3-5-13(9-12)23-14-10-17-6-7-18-14/h3-7,9-10H,2,8,11H2,1H3,(H,20,21). The smallest absolute Gasteiger partial charge is 0.323 e. The molecule has 2 aromatic rings. The number of benzene rings is 1. The summed E-state index contributed by atoms with van der Waals surface area (Å²) in [5, 5.41) is 8.92. The van der Waals surface area contributed by atoms with Crippen molar-refractivity contribution < 1.29 is 19.4 Å². The lowest BCUT2D eigenvalue weighted by Crippen LogP contribution is -2.36. The molecule has 0 radical (unpaired) electrons. The number of amides is 1. The van der Waals surface area contributed by atoms with Crippen LogP contribution in [0.4, 0.5) is 0 Å². The first kappa shape index (κ1) is 16.4. The van der Waals surface area contributed by atoms with Crippen LogP contribution in [0, 0.1) is 0 Å². The highest BCUT2D eigenvalue weighted by Crippen LogP contribution is 2.20. The first-order valence-corrected chi connectivity index (χ1v) is 7.15. The van der Waals surface area contributed by atoms with Crippen molar-refractivity contribution >= 4 is 11.9 Å². The second-order valence-corrected chi connectivity index (χ2v) is 4.79. The topological polar surface area (TPSA) is 92.6 Å². The van der Waals surface area contributed by atoms with E-state index in [1.165, 1.54) is 23.5 Å². The average Bonchev–Trinajstić information content (AvgIpc) is 2.54. The first-order valence-electron chi connectivity index (χ1n) is 7.15. The number of ether oxygens (including phenoxy) is 1. The van der Waals surface area contributed by atoms with Gasteiger partial charge in [-0.15, -0.1) is 0 Å². The van der Waals surface area contributed by atoms with Crippen LogP contribution in [0.5, 0.6) is 11.6 Å². The van der Waals surface area contributed by atoms with E-state index in [0.717, 1.165) is 0 Å². The molecule has 0 aliphatic carbocycles. The number of aliphatic carboxylic acids is 1. The molecule has 0 aliphatic rings. The summed E-state index contributed by atoms with van der Waals surface area (Å²) in [5.74, 6) is -0.645. The minimum absolute atomic E-state index is 0.313. The lowest BCUT2D eigenvalue weighted by atomic mass is 10.2. The molecule has 0 atom stereocenters. The minimum atomic E-state index is -1.04. The fourth-order valence-electron chi connectivity index (χ4n) is 2.02. The number of hydrogen-bond acceptors (Lipinski definition) is 5. The van der Waals surface area contributed by atoms with Crippen LogP contribution >= 0.6 is 0 Å². The molecular formula is C16H17N3O4. The van der Waals surface area contributed by atoms with Crippen molar-refractivity contribution in [3.05, 3.63) is 48.4 Å². The Hall–Kier alpha value is -2.96. The zero-order valence-corrected chi connectivity index (χ0v) is 12.7. The first-order chi connectivity index (χ1) is 11.1. The minimum Gasteiger partial charge on any atom is -0.480 e. The highest BCUT2D eigenvalue weighted by atomic mass is 16.5. The number of carbonyl (C=O) groups is 2. The van der Waals surface area contributed by atoms with E-state index < -0.39 is 5.97 Å². The van der Waals surface area contributed by atoms with Gasteiger partial charge in [0.1, 0.15) is 12.3 Å². The maximum Gasteiger partial charge on any atom is 0.323 e. The third kappa shape index (κ3) is 4.77. The van der Waals surface area contributed by atoms with Crippen LogP contribution in [0.2, 0.25) is 0 Å². The third-order valence-electron chi connectivity index (χ3n) is 2.95. The van der Waals surface area contributed by atoms with Gasteiger partial charge >= 0.3 is 5.97 Å². The Morgan fingerprint density at radius 2 is 2.13 bits per heavy atom. The van der Waals surface area contributed by atoms with Crippen LogP contribution in [-0.4, -0.2) is 44.9 Å². The number of carboxylic acids is 1. The number of rotatable bonds is 7. The molecule has 1 amide bonds. The van der Waals surface area contributed by atoms with Gasteiger partial charge in [-0.3, -0.25) is 14.6 Å². The third-order valence-corrected chi connectivity index (χ3v) is 2.95. The highest BCUT2D eigenvalue weighted by Gasteiger charge is 2.18. The van der Waals surface area contributed by atoms with Crippen LogP contribution in [-0.2, 0) is 4.79 Å². The summed E-state index contributed by atoms with van der Waals surface area (Å²) in [4.78, 5) is 32.5. The van der Waals surface area contributed by atoms with Gasteiger partial charge in [-0.05, 0) is 24.6 Å². The summed E-state index contributed by atoms with van der Waals surface area (Å²) in [6, 6.07) is 6.54. The van der Waals surface area contributed by atoms with Crippen molar-refractivity contribution in [1.29, 1.82) is 0 Å². The molecule has 2 rings (SSSR count). The lowest BCUT2D eigenvalue weighted by Gasteiger charge is -2.20. The van der Waals surface area contributed by atoms with Gasteiger partial charge in [-0.25, -0.2) is 4.98 Å². The SMILES string of the molecule is CCCN(CC(=O)O)C(=O)c1cccc(Oc2cnccn2)c1. The van der Waals surface area contributed by atoms with Crippen molar-refractivity contribution in [2.24, 2.45) is 0 Å². The van der Waals surface area contributed by atoms with Crippen molar-refractivity contribution in [1.82, 2.24) is 14.9 Å². The summed E-state index contributed by atoms with van der Waals surface area (Å²) in [6.07, 6.45) is 5.17. The Bertz CT molecular complexity index is 676. The van der Waals surface area contributed by atoms with Crippen LogP contribution < -0.4 is 4.74 Å². The summed E-state index contributed by atoms with van der Waals surface area (Å²) in [5.41, 5.74) is 0.362. The molecule has 120 valence electrons. The molecule has 1 N–H and O–H groups in total. The summed E-state index contributed by atoms with van der Waals surface area (Å²) in [7, 11) is 0. The number of hydrogen-bond donors (Lipinski definition) is 1. The monoisotopic (exact) mass is 315 g/mol. The molecule has 0 saturated carbocycles. The molecule has 0 aliphatic heterocycles. The van der Waals surface area contributed by atoms with E-state index in [-0.39, 0.29) is 12.5 Å². The van der Waals surface area contributed by atoms with Crippen LogP contribution in [0.3, 0.4) is 0 Å². The Morgan fingerprint density at radius 1 is 1.30 bits per heavy atom. The maximum atomic E-state index is 12.5. The molecule has 1 aromatic heterocycles. The van der Waals surface area contributed by atoms with E-state index in [2.05, 4.69) is 9.97 Å². The van der Waals surface area contributed by atoms with Gasteiger partial charge < -0.3 is 14.7 Å². The van der Waals surface area contributed by atoms with E-state index in [1.807, 2.05) is 6.92 Å². The number of nitrogens with zero attached hydrogens (tertiary/aromatic N) is 3. The molecule has 0 bridgehead atoms. The van der Waals surface area contributed by atoms with Crippen molar-refractivity contribution in [2.45, 2.75) is 13.3 Å². The molecule has 1 heterocycles. The van der Waals surface area contributed by atoms with Crippen LogP contribution in [0.15, 0.2) is 42.9 Å². The summed E-state index contributed by atoms with van der Waals surface area (Å²) in [6.45, 7) is 1.93. The molecule has 23 heavy (non-hydrogen) atoms. The van der Waals surface area contributed by atoms with Gasteiger partial charge in [0.25, 0.3) is 5.91 Å². The fourth-order valence-corrected chi connectivity index (χ4v) is 2.02. The van der Waals surface area contributed by atoms with Gasteiger partial charge in [0.15, 0.2) is 0 Å². The summed E-state index contributed by atoms with van der Waals surface area (Å²) < 4.78 is 5.53. The van der Waals surface area contributed by atoms with Gasteiger partial charge in [-0.2, -0.15) is 0 Å². The van der Waals surface area contributed by atoms with E-state index in [4.69, 9.17) is 9.84 Å². The van der Waals surface area contributed by atoms with E-state index in [0.29, 0.717) is 30.2 Å². The van der Waals surface area contributed by atoms with Crippen molar-refractivity contribution in [3.8, 4) is 11.6 Å². The van der Waals surface area contributed by atoms with E-state index >= 15 is 0 Å². The quantitative estimate of drug-likeness (QED) is 0.842. The van der Waals surface area contributed by atoms with E-state index in [9.17, 15) is 9.59 Å². The van der Waals surface area contributed by atoms with E-state index in [1.54, 1.807) is 24.3 Å². The Morgan fingerprint density at radius 3 is 2.78 bits per heavy atom. The average molecular weight is 315 g/mol. The predicted molar refractivity (Wildman–Crippen MR) is 82.4 cm³/mol. The molecule has 1 aromatic carbocycles. The Labute approximate surface area is 133 Å². The Balaban J connectivity index is 2.17. The largest absolute Gasteiger partial charge is 0.480 e. The molecule has 7 nitrogen and oxygen atoms in total. The van der Waals surface area contributed by atoms with Gasteiger partial charge in [0.05, 0.1) is 6.20 Å². The second kappa shape index (κ2) is 7.88. The normalized spacial score (nSPS) is 10.1. The highest BCUT2D eigenvalue weighted by molar-refractivity contribution is 5.96. The van der Waals surface area contributed by atoms with Crippen LogP contribution in [0.1, 0.15) is 23.7 Å². The van der Waals surface area contributed by atoms with Crippen LogP contribution in [0.25, 0.3) is 0 Å². The Kier molecular flexibility index (Phi) is 5.62. The molecule has 0 spiro atoms. The zero-order valence-electron chi connectivity index (χ0n) is 12.7. The summed E-state index contributed by atoms with van der Waals surface area (Å²) >= 11 is 0. The molecule has 0 fully saturated rings. The maximum absolute atomic E-state index is 12.5. The van der Waals surface area contributed by atoms with Crippen molar-refractivity contribution in [3.63, 3.8) is 0 Å². The van der Waals surface area contributed by atoms with Crippen molar-refractivity contribution in [2.75, 3.05) is 13.1 Å². The number of aromatic nitrogens is 2. The predicted octanol–water partition coefficient (Wildman–Crippen LogP) is 2.21. The fraction of sp³-hybridized carbons (Fsp3) is 0.250. The van der Waals surface area contributed by atoms with Gasteiger partial charge in [-0.1, -0.05) is 13.0 Å².